The van der Waals surface area contributed by atoms with Crippen molar-refractivity contribution < 1.29 is 14.1 Å². The molecule has 0 aromatic carbocycles. The predicted octanol–water partition coefficient (Wildman–Crippen LogP) is 1.32. The number of piperidine rings is 1. The summed E-state index contributed by atoms with van der Waals surface area (Å²) in [5.41, 5.74) is -0.844. The van der Waals surface area contributed by atoms with Gasteiger partial charge in [-0.15, -0.1) is 0 Å². The third kappa shape index (κ3) is 2.58. The molecule has 4 rings (SSSR count). The van der Waals surface area contributed by atoms with Crippen LogP contribution in [0.15, 0.2) is 4.52 Å². The molecule has 8 heteroatoms. The average Bonchev–Trinajstić information content (AvgIpc) is 3.24. The summed E-state index contributed by atoms with van der Waals surface area (Å²) >= 11 is 0. The summed E-state index contributed by atoms with van der Waals surface area (Å²) in [5, 5.41) is 9.25. The highest BCUT2D eigenvalue weighted by atomic mass is 16.5. The topological polar surface area (TPSA) is 100 Å². The summed E-state index contributed by atoms with van der Waals surface area (Å²) in [5.74, 6) is 1.76. The second-order valence-corrected chi connectivity index (χ2v) is 7.39. The predicted molar refractivity (Wildman–Crippen MR) is 84.1 cm³/mol. The van der Waals surface area contributed by atoms with Gasteiger partial charge in [-0.25, -0.2) is 4.79 Å². The van der Waals surface area contributed by atoms with Crippen molar-refractivity contribution in [3.63, 3.8) is 0 Å². The van der Waals surface area contributed by atoms with Gasteiger partial charge in [-0.05, 0) is 46.1 Å². The van der Waals surface area contributed by atoms with Crippen molar-refractivity contribution in [3.05, 3.63) is 11.7 Å². The normalized spacial score (nSPS) is 32.5. The molecular formula is C16H23N5O3. The highest BCUT2D eigenvalue weighted by molar-refractivity contribution is 6.06. The van der Waals surface area contributed by atoms with Gasteiger partial charge in [0.25, 0.3) is 5.91 Å². The van der Waals surface area contributed by atoms with Crippen molar-refractivity contribution in [2.24, 2.45) is 5.92 Å². The van der Waals surface area contributed by atoms with E-state index in [1.165, 1.54) is 0 Å². The first-order valence-corrected chi connectivity index (χ1v) is 8.68. The van der Waals surface area contributed by atoms with Crippen molar-refractivity contribution in [1.82, 2.24) is 25.7 Å². The number of hydrogen-bond acceptors (Lipinski definition) is 6. The van der Waals surface area contributed by atoms with Crippen LogP contribution in [0.2, 0.25) is 0 Å². The molecule has 3 fully saturated rings. The van der Waals surface area contributed by atoms with Crippen LogP contribution in [0.4, 0.5) is 4.79 Å². The Balaban J connectivity index is 1.47. The highest BCUT2D eigenvalue weighted by Gasteiger charge is 2.49. The van der Waals surface area contributed by atoms with Crippen LogP contribution in [-0.2, 0) is 4.79 Å². The maximum absolute atomic E-state index is 12.2. The van der Waals surface area contributed by atoms with Crippen LogP contribution in [0, 0.1) is 5.92 Å². The Hall–Kier alpha value is -1.96. The van der Waals surface area contributed by atoms with E-state index in [-0.39, 0.29) is 17.9 Å². The maximum Gasteiger partial charge on any atom is 0.322 e. The number of likely N-dealkylation sites (tertiary alicyclic amines) is 1. The molecular weight excluding hydrogens is 310 g/mol. The number of nitrogens with zero attached hydrogens (tertiary/aromatic N) is 3. The Morgan fingerprint density at radius 1 is 1.33 bits per heavy atom. The SMILES string of the molecule is C[C@H](c1nc(C2CC2)no1)N1CCC[C@@H]([C@@]2(C)NC(=O)NC2=O)C1. The second kappa shape index (κ2) is 5.54. The van der Waals surface area contributed by atoms with E-state index in [1.54, 1.807) is 0 Å². The van der Waals surface area contributed by atoms with Gasteiger partial charge >= 0.3 is 6.03 Å². The molecule has 130 valence electrons. The van der Waals surface area contributed by atoms with Crippen LogP contribution in [-0.4, -0.2) is 45.6 Å². The lowest BCUT2D eigenvalue weighted by molar-refractivity contribution is -0.126. The molecule has 8 nitrogen and oxygen atoms in total. The third-order valence-electron chi connectivity index (χ3n) is 5.65. The van der Waals surface area contributed by atoms with Crippen molar-refractivity contribution >= 4 is 11.9 Å². The Morgan fingerprint density at radius 2 is 2.12 bits per heavy atom. The molecule has 2 N–H and O–H groups in total. The van der Waals surface area contributed by atoms with Crippen LogP contribution in [0.1, 0.15) is 63.2 Å². The summed E-state index contributed by atoms with van der Waals surface area (Å²) in [6.07, 6.45) is 4.17. The van der Waals surface area contributed by atoms with Crippen LogP contribution in [0.5, 0.6) is 0 Å². The molecule has 0 spiro atoms. The number of aromatic nitrogens is 2. The van der Waals surface area contributed by atoms with Gasteiger partial charge in [-0.1, -0.05) is 5.16 Å². The van der Waals surface area contributed by atoms with Crippen LogP contribution < -0.4 is 10.6 Å². The molecule has 3 heterocycles. The van der Waals surface area contributed by atoms with Gasteiger partial charge in [0.15, 0.2) is 5.82 Å². The van der Waals surface area contributed by atoms with E-state index in [0.717, 1.165) is 38.1 Å². The fourth-order valence-electron chi connectivity index (χ4n) is 3.75. The number of rotatable bonds is 4. The highest BCUT2D eigenvalue weighted by Crippen LogP contribution is 2.39. The lowest BCUT2D eigenvalue weighted by atomic mass is 9.79. The minimum absolute atomic E-state index is 0.0107. The molecule has 1 aromatic rings. The maximum atomic E-state index is 12.2. The average molecular weight is 333 g/mol. The number of hydrogen-bond donors (Lipinski definition) is 2. The molecule has 1 aliphatic carbocycles. The third-order valence-corrected chi connectivity index (χ3v) is 5.65. The molecule has 2 aliphatic heterocycles. The summed E-state index contributed by atoms with van der Waals surface area (Å²) in [7, 11) is 0. The molecule has 2 saturated heterocycles. The number of imide groups is 1. The smallest absolute Gasteiger partial charge is 0.322 e. The van der Waals surface area contributed by atoms with Gasteiger partial charge < -0.3 is 9.84 Å². The van der Waals surface area contributed by atoms with E-state index in [9.17, 15) is 9.59 Å². The van der Waals surface area contributed by atoms with Gasteiger partial charge in [0, 0.05) is 18.4 Å². The van der Waals surface area contributed by atoms with Gasteiger partial charge in [0.05, 0.1) is 6.04 Å². The van der Waals surface area contributed by atoms with Gasteiger partial charge in [0.1, 0.15) is 5.54 Å². The molecule has 3 atom stereocenters. The minimum Gasteiger partial charge on any atom is -0.338 e. The quantitative estimate of drug-likeness (QED) is 0.806. The van der Waals surface area contributed by atoms with Crippen molar-refractivity contribution in [3.8, 4) is 0 Å². The first-order chi connectivity index (χ1) is 11.5. The molecule has 0 bridgehead atoms. The Morgan fingerprint density at radius 3 is 2.79 bits per heavy atom. The molecule has 3 aliphatic rings. The molecule has 24 heavy (non-hydrogen) atoms. The first kappa shape index (κ1) is 15.6. The molecule has 1 aromatic heterocycles. The molecule has 0 unspecified atom stereocenters. The fraction of sp³-hybridized carbons (Fsp3) is 0.750. The standard InChI is InChI=1S/C16H23N5O3/c1-9(13-17-12(20-24-13)10-5-6-10)21-7-3-4-11(8-21)16(2)14(22)18-15(23)19-16/h9-11H,3-8H2,1-2H3,(H2,18,19,22,23)/t9-,11-,16-/m1/s1. The Labute approximate surface area is 140 Å². The zero-order chi connectivity index (χ0) is 16.9. The largest absolute Gasteiger partial charge is 0.338 e. The van der Waals surface area contributed by atoms with Crippen LogP contribution in [0.3, 0.4) is 0 Å². The first-order valence-electron chi connectivity index (χ1n) is 8.68. The molecule has 3 amide bonds. The van der Waals surface area contributed by atoms with E-state index < -0.39 is 11.6 Å². The van der Waals surface area contributed by atoms with Gasteiger partial charge in [0.2, 0.25) is 5.89 Å². The lowest BCUT2D eigenvalue weighted by Gasteiger charge is -2.41. The zero-order valence-corrected chi connectivity index (χ0v) is 14.0. The molecule has 1 saturated carbocycles. The summed E-state index contributed by atoms with van der Waals surface area (Å²) in [6, 6.07) is -0.393. The number of amides is 3. The van der Waals surface area contributed by atoms with E-state index >= 15 is 0 Å². The van der Waals surface area contributed by atoms with Gasteiger partial charge in [-0.2, -0.15) is 4.98 Å². The summed E-state index contributed by atoms with van der Waals surface area (Å²) in [4.78, 5) is 30.5. The zero-order valence-electron chi connectivity index (χ0n) is 14.0. The van der Waals surface area contributed by atoms with Crippen molar-refractivity contribution in [2.45, 2.75) is 57.0 Å². The van der Waals surface area contributed by atoms with E-state index in [0.29, 0.717) is 18.4 Å². The Kier molecular flexibility index (Phi) is 3.59. The number of carbonyl (C=O) groups excluding carboxylic acids is 2. The monoisotopic (exact) mass is 333 g/mol. The van der Waals surface area contributed by atoms with Crippen LogP contribution >= 0.6 is 0 Å². The number of urea groups is 1. The number of nitrogens with one attached hydrogen (secondary N) is 2. The van der Waals surface area contributed by atoms with E-state index in [4.69, 9.17) is 4.52 Å². The fourth-order valence-corrected chi connectivity index (χ4v) is 3.75. The van der Waals surface area contributed by atoms with Gasteiger partial charge in [-0.3, -0.25) is 15.0 Å². The Bertz CT molecular complexity index is 670. The second-order valence-electron chi connectivity index (χ2n) is 7.39. The molecule has 0 radical (unpaired) electrons. The lowest BCUT2D eigenvalue weighted by Crippen LogP contribution is -2.56. The van der Waals surface area contributed by atoms with Crippen LogP contribution in [0.25, 0.3) is 0 Å². The van der Waals surface area contributed by atoms with Crippen molar-refractivity contribution in [1.29, 1.82) is 0 Å². The van der Waals surface area contributed by atoms with E-state index in [2.05, 4.69) is 32.6 Å². The minimum atomic E-state index is -0.844. The summed E-state index contributed by atoms with van der Waals surface area (Å²) in [6.45, 7) is 5.50. The number of carbonyl (C=O) groups is 2. The van der Waals surface area contributed by atoms with Crippen molar-refractivity contribution in [2.75, 3.05) is 13.1 Å². The van der Waals surface area contributed by atoms with E-state index in [1.807, 2.05) is 6.92 Å². The summed E-state index contributed by atoms with van der Waals surface area (Å²) < 4.78 is 5.45.